The molecule has 160 valence electrons. The van der Waals surface area contributed by atoms with Crippen molar-refractivity contribution in [3.8, 4) is 0 Å². The summed E-state index contributed by atoms with van der Waals surface area (Å²) in [4.78, 5) is 27.9. The molecule has 0 atom stereocenters. The van der Waals surface area contributed by atoms with Crippen LogP contribution in [0.4, 0.5) is 4.79 Å². The lowest BCUT2D eigenvalue weighted by atomic mass is 10.2. The summed E-state index contributed by atoms with van der Waals surface area (Å²) in [7, 11) is -2.42. The molecular weight excluding hydrogens is 418 g/mol. The average molecular weight is 444 g/mol. The highest BCUT2D eigenvalue weighted by Crippen LogP contribution is 2.28. The Morgan fingerprint density at radius 2 is 1.59 bits per heavy atom. The van der Waals surface area contributed by atoms with Crippen molar-refractivity contribution in [1.29, 1.82) is 0 Å². The number of rotatable bonds is 3. The minimum Gasteiger partial charge on any atom is -0.453 e. The maximum atomic E-state index is 13.0. The van der Waals surface area contributed by atoms with Gasteiger partial charge >= 0.3 is 6.09 Å². The fourth-order valence-corrected chi connectivity index (χ4v) is 5.71. The van der Waals surface area contributed by atoms with Gasteiger partial charge in [-0.25, -0.2) is 13.2 Å². The highest BCUT2D eigenvalue weighted by Gasteiger charge is 2.30. The van der Waals surface area contributed by atoms with Crippen LogP contribution in [0, 0.1) is 0 Å². The summed E-state index contributed by atoms with van der Waals surface area (Å²) in [6.07, 6.45) is 2.85. The van der Waals surface area contributed by atoms with E-state index in [1.54, 1.807) is 15.9 Å². The molecule has 1 aromatic rings. The maximum Gasteiger partial charge on any atom is 0.409 e. The molecule has 0 unspecified atom stereocenters. The summed E-state index contributed by atoms with van der Waals surface area (Å²) in [5.74, 6) is -0.275. The molecule has 2 saturated heterocycles. The van der Waals surface area contributed by atoms with Crippen molar-refractivity contribution in [2.24, 2.45) is 0 Å². The molecule has 3 rings (SSSR count). The summed E-state index contributed by atoms with van der Waals surface area (Å²) in [5.41, 5.74) is 0.275. The smallest absolute Gasteiger partial charge is 0.409 e. The van der Waals surface area contributed by atoms with Crippen molar-refractivity contribution in [2.45, 2.75) is 30.6 Å². The van der Waals surface area contributed by atoms with Gasteiger partial charge < -0.3 is 14.5 Å². The fourth-order valence-electron chi connectivity index (χ4n) is 3.69. The molecule has 2 amide bonds. The molecule has 2 fully saturated rings. The fraction of sp³-hybridized carbons (Fsp3) is 0.579. The molecular formula is C19H26ClN3O5S. The molecule has 29 heavy (non-hydrogen) atoms. The van der Waals surface area contributed by atoms with Crippen LogP contribution in [0.2, 0.25) is 5.02 Å². The first-order chi connectivity index (χ1) is 13.8. The second-order valence-corrected chi connectivity index (χ2v) is 9.53. The van der Waals surface area contributed by atoms with Gasteiger partial charge in [0.1, 0.15) is 4.90 Å². The predicted octanol–water partition coefficient (Wildman–Crippen LogP) is 2.43. The molecule has 2 heterocycles. The molecule has 0 radical (unpaired) electrons. The van der Waals surface area contributed by atoms with Crippen molar-refractivity contribution in [1.82, 2.24) is 14.1 Å². The molecule has 0 aromatic heterocycles. The van der Waals surface area contributed by atoms with E-state index in [-0.39, 0.29) is 21.4 Å². The van der Waals surface area contributed by atoms with Gasteiger partial charge in [0.25, 0.3) is 5.91 Å². The second kappa shape index (κ2) is 9.32. The molecule has 0 aliphatic carbocycles. The van der Waals surface area contributed by atoms with Gasteiger partial charge in [0, 0.05) is 44.8 Å². The summed E-state index contributed by atoms with van der Waals surface area (Å²) in [5, 5.41) is 0.111. The van der Waals surface area contributed by atoms with Crippen LogP contribution in [0.25, 0.3) is 0 Å². The Morgan fingerprint density at radius 3 is 2.28 bits per heavy atom. The zero-order valence-electron chi connectivity index (χ0n) is 16.5. The summed E-state index contributed by atoms with van der Waals surface area (Å²) in [6, 6.07) is 4.38. The highest BCUT2D eigenvalue weighted by atomic mass is 35.5. The molecule has 0 N–H and O–H groups in total. The van der Waals surface area contributed by atoms with Crippen LogP contribution < -0.4 is 0 Å². The van der Waals surface area contributed by atoms with E-state index in [4.69, 9.17) is 16.3 Å². The molecule has 0 bridgehead atoms. The van der Waals surface area contributed by atoms with Crippen LogP contribution in [0.5, 0.6) is 0 Å². The third-order valence-corrected chi connectivity index (χ3v) is 7.71. The quantitative estimate of drug-likeness (QED) is 0.716. The lowest BCUT2D eigenvalue weighted by molar-refractivity contribution is 0.0757. The van der Waals surface area contributed by atoms with Crippen LogP contribution in [0.15, 0.2) is 23.1 Å². The average Bonchev–Trinajstić information content (AvgIpc) is 3.00. The van der Waals surface area contributed by atoms with Gasteiger partial charge in [0.15, 0.2) is 0 Å². The molecule has 10 heteroatoms. The number of hydrogen-bond donors (Lipinski definition) is 0. The number of halogens is 1. The number of carbonyl (C=O) groups is 2. The van der Waals surface area contributed by atoms with Crippen LogP contribution in [-0.2, 0) is 14.8 Å². The summed E-state index contributed by atoms with van der Waals surface area (Å²) in [6.45, 7) is 2.63. The van der Waals surface area contributed by atoms with Crippen molar-refractivity contribution in [2.75, 3.05) is 46.4 Å². The van der Waals surface area contributed by atoms with Gasteiger partial charge in [0.05, 0.1) is 12.1 Å². The van der Waals surface area contributed by atoms with Crippen molar-refractivity contribution in [3.63, 3.8) is 0 Å². The predicted molar refractivity (Wildman–Crippen MR) is 109 cm³/mol. The zero-order valence-corrected chi connectivity index (χ0v) is 18.0. The van der Waals surface area contributed by atoms with Gasteiger partial charge in [-0.1, -0.05) is 18.0 Å². The minimum atomic E-state index is -3.75. The van der Waals surface area contributed by atoms with Crippen LogP contribution >= 0.6 is 11.6 Å². The molecule has 0 spiro atoms. The number of nitrogens with zero attached hydrogens (tertiary/aromatic N) is 3. The van der Waals surface area contributed by atoms with Gasteiger partial charge in [-0.3, -0.25) is 4.79 Å². The number of ether oxygens (including phenoxy) is 1. The Kier molecular flexibility index (Phi) is 7.02. The monoisotopic (exact) mass is 443 g/mol. The summed E-state index contributed by atoms with van der Waals surface area (Å²) < 4.78 is 32.2. The SMILES string of the molecule is COC(=O)N1CCCN(C(=O)c2ccc(Cl)c(S(=O)(=O)N3CCCCC3)c2)CC1. The van der Waals surface area contributed by atoms with Crippen LogP contribution in [-0.4, -0.2) is 80.9 Å². The third kappa shape index (κ3) is 4.84. The van der Waals surface area contributed by atoms with Gasteiger partial charge in [-0.2, -0.15) is 4.31 Å². The number of benzene rings is 1. The van der Waals surface area contributed by atoms with Gasteiger partial charge in [-0.15, -0.1) is 0 Å². The van der Waals surface area contributed by atoms with Crippen LogP contribution in [0.3, 0.4) is 0 Å². The highest BCUT2D eigenvalue weighted by molar-refractivity contribution is 7.89. The number of piperidine rings is 1. The summed E-state index contributed by atoms with van der Waals surface area (Å²) >= 11 is 6.20. The van der Waals surface area contributed by atoms with E-state index in [9.17, 15) is 18.0 Å². The van der Waals surface area contributed by atoms with E-state index in [1.165, 1.54) is 23.5 Å². The molecule has 1 aromatic carbocycles. The van der Waals surface area contributed by atoms with Gasteiger partial charge in [-0.05, 0) is 37.5 Å². The van der Waals surface area contributed by atoms with Crippen molar-refractivity contribution < 1.29 is 22.7 Å². The van der Waals surface area contributed by atoms with Crippen molar-refractivity contribution >= 4 is 33.6 Å². The maximum absolute atomic E-state index is 13.0. The topological polar surface area (TPSA) is 87.2 Å². The number of methoxy groups -OCH3 is 1. The lowest BCUT2D eigenvalue weighted by Gasteiger charge is -2.26. The Balaban J connectivity index is 1.80. The molecule has 8 nitrogen and oxygen atoms in total. The minimum absolute atomic E-state index is 0.0297. The van der Waals surface area contributed by atoms with E-state index in [1.807, 2.05) is 0 Å². The zero-order chi connectivity index (χ0) is 21.0. The van der Waals surface area contributed by atoms with E-state index >= 15 is 0 Å². The molecule has 0 saturated carbocycles. The normalized spacial score (nSPS) is 19.0. The molecule has 2 aliphatic heterocycles. The first-order valence-corrected chi connectivity index (χ1v) is 11.6. The third-order valence-electron chi connectivity index (χ3n) is 5.33. The number of carbonyl (C=O) groups excluding carboxylic acids is 2. The first-order valence-electron chi connectivity index (χ1n) is 9.76. The Morgan fingerprint density at radius 1 is 0.931 bits per heavy atom. The molecule has 2 aliphatic rings. The Labute approximate surface area is 176 Å². The standard InChI is InChI=1S/C19H26ClN3O5S/c1-28-19(25)22-9-5-8-21(12-13-22)18(24)15-6-7-16(20)17(14-15)29(26,27)23-10-3-2-4-11-23/h6-7,14H,2-5,8-13H2,1H3. The van der Waals surface area contributed by atoms with E-state index in [2.05, 4.69) is 0 Å². The number of sulfonamides is 1. The largest absolute Gasteiger partial charge is 0.453 e. The second-order valence-electron chi connectivity index (χ2n) is 7.21. The van der Waals surface area contributed by atoms with E-state index < -0.39 is 16.1 Å². The van der Waals surface area contributed by atoms with Crippen LogP contribution in [0.1, 0.15) is 36.0 Å². The lowest BCUT2D eigenvalue weighted by Crippen LogP contribution is -2.37. The number of hydrogen-bond acceptors (Lipinski definition) is 5. The van der Waals surface area contributed by atoms with E-state index in [0.717, 1.165) is 19.3 Å². The van der Waals surface area contributed by atoms with Gasteiger partial charge in [0.2, 0.25) is 10.0 Å². The first kappa shape index (κ1) is 21.9. The Hall–Kier alpha value is -1.84. The number of amides is 2. The van der Waals surface area contributed by atoms with E-state index in [0.29, 0.717) is 45.7 Å². The van der Waals surface area contributed by atoms with Crippen molar-refractivity contribution in [3.05, 3.63) is 28.8 Å². The Bertz CT molecular complexity index is 871.